The Balaban J connectivity index is 2.45. The van der Waals surface area contributed by atoms with E-state index in [1.807, 2.05) is 13.8 Å². The zero-order chi connectivity index (χ0) is 9.84. The summed E-state index contributed by atoms with van der Waals surface area (Å²) in [6.07, 6.45) is 0. The third-order valence-electron chi connectivity index (χ3n) is 1.42. The maximum absolute atomic E-state index is 10.5. The van der Waals surface area contributed by atoms with Crippen molar-refractivity contribution >= 4 is 17.2 Å². The van der Waals surface area contributed by atoms with Crippen molar-refractivity contribution in [2.24, 2.45) is 0 Å². The Labute approximate surface area is 80.9 Å². The van der Waals surface area contributed by atoms with Gasteiger partial charge in [-0.3, -0.25) is 9.63 Å². The first-order valence-electron chi connectivity index (χ1n) is 3.91. The second-order valence-corrected chi connectivity index (χ2v) is 4.09. The predicted molar refractivity (Wildman–Crippen MR) is 50.2 cm³/mol. The summed E-state index contributed by atoms with van der Waals surface area (Å²) in [5.74, 6) is -0.204. The first-order chi connectivity index (χ1) is 6.09. The molecule has 0 aliphatic rings. The molecule has 1 heterocycles. The van der Waals surface area contributed by atoms with Gasteiger partial charge in [-0.05, 0) is 13.8 Å². The molecule has 0 bridgehead atoms. The number of hydrogen-bond donors (Lipinski definition) is 1. The van der Waals surface area contributed by atoms with Crippen LogP contribution >= 0.6 is 11.3 Å². The third kappa shape index (κ3) is 3.12. The van der Waals surface area contributed by atoms with Gasteiger partial charge in [-0.2, -0.15) is 0 Å². The monoisotopic (exact) mass is 200 g/mol. The van der Waals surface area contributed by atoms with Crippen LogP contribution in [-0.2, 0) is 16.2 Å². The maximum atomic E-state index is 10.5. The second-order valence-electron chi connectivity index (χ2n) is 2.68. The summed E-state index contributed by atoms with van der Waals surface area (Å²) in [4.78, 5) is 20.8. The molecule has 72 valence electrons. The number of aryl methyl sites for hydroxylation is 2. The van der Waals surface area contributed by atoms with E-state index in [9.17, 15) is 4.79 Å². The highest BCUT2D eigenvalue weighted by Gasteiger charge is 2.04. The fraction of sp³-hybridized carbons (Fsp3) is 0.500. The van der Waals surface area contributed by atoms with Gasteiger partial charge in [-0.1, -0.05) is 0 Å². The molecule has 0 unspecified atom stereocenters. The van der Waals surface area contributed by atoms with Crippen LogP contribution in [0.3, 0.4) is 0 Å². The van der Waals surface area contributed by atoms with Crippen molar-refractivity contribution in [3.63, 3.8) is 0 Å². The number of rotatable bonds is 3. The van der Waals surface area contributed by atoms with Crippen LogP contribution in [0.15, 0.2) is 0 Å². The van der Waals surface area contributed by atoms with Crippen molar-refractivity contribution in [2.45, 2.75) is 27.4 Å². The topological polar surface area (TPSA) is 51.2 Å². The highest BCUT2D eigenvalue weighted by Crippen LogP contribution is 2.16. The Bertz CT molecular complexity index is 309. The van der Waals surface area contributed by atoms with E-state index < -0.39 is 0 Å². The van der Waals surface area contributed by atoms with Gasteiger partial charge in [0.25, 0.3) is 0 Å². The smallest absolute Gasteiger partial charge is 0.240 e. The van der Waals surface area contributed by atoms with Crippen molar-refractivity contribution in [2.75, 3.05) is 0 Å². The average molecular weight is 200 g/mol. The molecule has 1 aromatic rings. The van der Waals surface area contributed by atoms with Crippen LogP contribution in [0.1, 0.15) is 22.5 Å². The molecule has 0 radical (unpaired) electrons. The summed E-state index contributed by atoms with van der Waals surface area (Å²) >= 11 is 1.62. The van der Waals surface area contributed by atoms with Crippen molar-refractivity contribution in [1.29, 1.82) is 0 Å². The molecule has 13 heavy (non-hydrogen) atoms. The Morgan fingerprint density at radius 1 is 1.62 bits per heavy atom. The number of carbonyl (C=O) groups excluding carboxylic acids is 1. The summed E-state index contributed by atoms with van der Waals surface area (Å²) in [5.41, 5.74) is 3.14. The zero-order valence-corrected chi connectivity index (χ0v) is 8.70. The third-order valence-corrected chi connectivity index (χ3v) is 2.35. The van der Waals surface area contributed by atoms with E-state index in [2.05, 4.69) is 10.5 Å². The highest BCUT2D eigenvalue weighted by molar-refractivity contribution is 7.11. The summed E-state index contributed by atoms with van der Waals surface area (Å²) in [7, 11) is 0. The molecule has 0 spiro atoms. The molecule has 1 amide bonds. The van der Waals surface area contributed by atoms with Crippen LogP contribution in [-0.4, -0.2) is 10.9 Å². The lowest BCUT2D eigenvalue weighted by atomic mass is 10.4. The summed E-state index contributed by atoms with van der Waals surface area (Å²) < 4.78 is 0. The maximum Gasteiger partial charge on any atom is 0.240 e. The number of hydroxylamine groups is 1. The Hall–Kier alpha value is -0.940. The molecule has 1 N–H and O–H groups in total. The first-order valence-corrected chi connectivity index (χ1v) is 4.72. The van der Waals surface area contributed by atoms with Crippen LogP contribution in [0.2, 0.25) is 0 Å². The van der Waals surface area contributed by atoms with E-state index in [-0.39, 0.29) is 5.91 Å². The Morgan fingerprint density at radius 3 is 2.77 bits per heavy atom. The molecule has 0 atom stereocenters. The van der Waals surface area contributed by atoms with Gasteiger partial charge in [0.2, 0.25) is 5.91 Å². The van der Waals surface area contributed by atoms with Crippen LogP contribution in [0.4, 0.5) is 0 Å². The van der Waals surface area contributed by atoms with Gasteiger partial charge in [0.15, 0.2) is 0 Å². The van der Waals surface area contributed by atoms with Crippen molar-refractivity contribution < 1.29 is 9.63 Å². The van der Waals surface area contributed by atoms with Gasteiger partial charge in [0, 0.05) is 11.8 Å². The van der Waals surface area contributed by atoms with Gasteiger partial charge >= 0.3 is 0 Å². The fourth-order valence-corrected chi connectivity index (χ4v) is 1.73. The fourth-order valence-electron chi connectivity index (χ4n) is 0.912. The van der Waals surface area contributed by atoms with Gasteiger partial charge < -0.3 is 0 Å². The minimum Gasteiger partial charge on any atom is -0.273 e. The van der Waals surface area contributed by atoms with Crippen molar-refractivity contribution in [3.05, 3.63) is 15.6 Å². The summed E-state index contributed by atoms with van der Waals surface area (Å²) in [5, 5.41) is 1.01. The Morgan fingerprint density at radius 2 is 2.31 bits per heavy atom. The SMILES string of the molecule is CC(=O)NOCc1nc(C)sc1C. The van der Waals surface area contributed by atoms with Gasteiger partial charge in [-0.15, -0.1) is 11.3 Å². The standard InChI is InChI=1S/C8H12N2O2S/c1-5-8(9-7(3)13-5)4-12-10-6(2)11/h4H2,1-3H3,(H,10,11). The number of thiazole rings is 1. The predicted octanol–water partition coefficient (Wildman–Crippen LogP) is 1.33. The normalized spacial score (nSPS) is 10.1. The van der Waals surface area contributed by atoms with E-state index >= 15 is 0 Å². The lowest BCUT2D eigenvalue weighted by molar-refractivity contribution is -0.132. The van der Waals surface area contributed by atoms with Crippen LogP contribution < -0.4 is 5.48 Å². The molecule has 5 heteroatoms. The lowest BCUT2D eigenvalue weighted by Crippen LogP contribution is -2.20. The number of hydrogen-bond acceptors (Lipinski definition) is 4. The van der Waals surface area contributed by atoms with E-state index in [1.54, 1.807) is 11.3 Å². The van der Waals surface area contributed by atoms with Gasteiger partial charge in [-0.25, -0.2) is 10.5 Å². The number of nitrogens with one attached hydrogen (secondary N) is 1. The first kappa shape index (κ1) is 10.1. The number of nitrogens with zero attached hydrogens (tertiary/aromatic N) is 1. The zero-order valence-electron chi connectivity index (χ0n) is 7.88. The van der Waals surface area contributed by atoms with Gasteiger partial charge in [0.1, 0.15) is 6.61 Å². The highest BCUT2D eigenvalue weighted by atomic mass is 32.1. The quantitative estimate of drug-likeness (QED) is 0.749. The molecule has 0 fully saturated rings. The van der Waals surface area contributed by atoms with Crippen LogP contribution in [0.5, 0.6) is 0 Å². The Kier molecular flexibility index (Phi) is 3.39. The van der Waals surface area contributed by atoms with Crippen LogP contribution in [0, 0.1) is 13.8 Å². The minimum absolute atomic E-state index is 0.204. The number of carbonyl (C=O) groups is 1. The lowest BCUT2D eigenvalue weighted by Gasteiger charge is -2.00. The molecule has 1 rings (SSSR count). The van der Waals surface area contributed by atoms with E-state index in [0.29, 0.717) is 6.61 Å². The average Bonchev–Trinajstić information content (AvgIpc) is 2.29. The summed E-state index contributed by atoms with van der Waals surface area (Å²) in [6, 6.07) is 0. The number of aromatic nitrogens is 1. The van der Waals surface area contributed by atoms with E-state index in [1.165, 1.54) is 6.92 Å². The molecule has 0 aliphatic heterocycles. The number of amides is 1. The molecular formula is C8H12N2O2S. The van der Waals surface area contributed by atoms with Crippen molar-refractivity contribution in [1.82, 2.24) is 10.5 Å². The molecule has 0 saturated carbocycles. The summed E-state index contributed by atoms with van der Waals surface area (Å²) in [6.45, 7) is 5.66. The molecular weight excluding hydrogens is 188 g/mol. The largest absolute Gasteiger partial charge is 0.273 e. The van der Waals surface area contributed by atoms with Crippen molar-refractivity contribution in [3.8, 4) is 0 Å². The molecule has 0 aromatic carbocycles. The minimum atomic E-state index is -0.204. The second kappa shape index (κ2) is 4.34. The molecule has 4 nitrogen and oxygen atoms in total. The van der Waals surface area contributed by atoms with Gasteiger partial charge in [0.05, 0.1) is 10.7 Å². The van der Waals surface area contributed by atoms with E-state index in [4.69, 9.17) is 4.84 Å². The van der Waals surface area contributed by atoms with Crippen LogP contribution in [0.25, 0.3) is 0 Å². The molecule has 0 saturated heterocycles. The van der Waals surface area contributed by atoms with E-state index in [0.717, 1.165) is 15.6 Å². The molecule has 0 aliphatic carbocycles. The molecule has 1 aromatic heterocycles.